The molecular formula is C30H48N4O7S. The third-order valence-corrected chi connectivity index (χ3v) is 6.78. The van der Waals surface area contributed by atoms with Gasteiger partial charge in [0, 0.05) is 5.92 Å². The minimum Gasteiger partial charge on any atom is -0.508 e. The monoisotopic (exact) mass is 608 g/mol. The van der Waals surface area contributed by atoms with Gasteiger partial charge in [-0.05, 0) is 54.3 Å². The van der Waals surface area contributed by atoms with Gasteiger partial charge in [0.25, 0.3) is 0 Å². The maximum Gasteiger partial charge on any atom is 0.325 e. The third-order valence-electron chi connectivity index (χ3n) is 5.85. The summed E-state index contributed by atoms with van der Waals surface area (Å²) in [5, 5.41) is 17.6. The second-order valence-corrected chi connectivity index (χ2v) is 11.3. The van der Waals surface area contributed by atoms with Crippen LogP contribution < -0.4 is 20.9 Å². The van der Waals surface area contributed by atoms with E-state index in [1.54, 1.807) is 19.9 Å². The number of phenolic OH excluding ortho intramolecular Hbond substituents is 1. The zero-order chi connectivity index (χ0) is 32.5. The molecule has 0 aliphatic carbocycles. The molecule has 0 aromatic heterocycles. The number of unbranched alkanes of at least 4 members (excludes halogenated alkanes) is 1. The highest BCUT2D eigenvalue weighted by Crippen LogP contribution is 2.26. The first kappa shape index (κ1) is 38.4. The lowest BCUT2D eigenvalue weighted by Crippen LogP contribution is -2.50. The molecule has 0 bridgehead atoms. The molecule has 0 saturated carbocycles. The van der Waals surface area contributed by atoms with E-state index in [9.17, 15) is 27.9 Å². The Bertz CT molecular complexity index is 1230. The van der Waals surface area contributed by atoms with Gasteiger partial charge in [-0.15, -0.1) is 0 Å². The molecule has 2 rings (SSSR count). The molecule has 12 heteroatoms. The number of sulfonamides is 1. The van der Waals surface area contributed by atoms with Crippen molar-refractivity contribution in [1.82, 2.24) is 10.2 Å². The molecule has 2 aromatic rings. The van der Waals surface area contributed by atoms with E-state index in [0.29, 0.717) is 23.3 Å². The van der Waals surface area contributed by atoms with Crippen LogP contribution in [-0.4, -0.2) is 49.9 Å². The number of ether oxygens (including phenoxy) is 1. The normalized spacial score (nSPS) is 11.9. The van der Waals surface area contributed by atoms with Gasteiger partial charge in [-0.3, -0.25) is 14.5 Å². The van der Waals surface area contributed by atoms with E-state index in [-0.39, 0.29) is 17.1 Å². The fraction of sp³-hybridized carbons (Fsp3) is 0.500. The smallest absolute Gasteiger partial charge is 0.325 e. The predicted molar refractivity (Wildman–Crippen MR) is 164 cm³/mol. The van der Waals surface area contributed by atoms with E-state index in [0.717, 1.165) is 4.90 Å². The van der Waals surface area contributed by atoms with Crippen molar-refractivity contribution in [2.45, 2.75) is 84.6 Å². The van der Waals surface area contributed by atoms with E-state index in [4.69, 9.17) is 15.6 Å². The van der Waals surface area contributed by atoms with Gasteiger partial charge < -0.3 is 20.9 Å². The first-order valence-electron chi connectivity index (χ1n) is 14.1. The molecule has 2 aromatic carbocycles. The summed E-state index contributed by atoms with van der Waals surface area (Å²) in [7, 11) is -2.42. The van der Waals surface area contributed by atoms with Gasteiger partial charge in [-0.2, -0.15) is 0 Å². The average molecular weight is 609 g/mol. The van der Waals surface area contributed by atoms with Crippen molar-refractivity contribution in [2.75, 3.05) is 13.7 Å². The van der Waals surface area contributed by atoms with Crippen LogP contribution in [0.15, 0.2) is 47.4 Å². The Morgan fingerprint density at radius 2 is 1.55 bits per heavy atom. The highest BCUT2D eigenvalue weighted by atomic mass is 32.2. The van der Waals surface area contributed by atoms with Gasteiger partial charge in [0.1, 0.15) is 18.0 Å². The maximum atomic E-state index is 13.1. The van der Waals surface area contributed by atoms with Crippen LogP contribution in [0, 0.1) is 5.92 Å². The molecule has 0 radical (unpaired) electrons. The first-order chi connectivity index (χ1) is 19.7. The molecule has 0 heterocycles. The highest BCUT2D eigenvalue weighted by molar-refractivity contribution is 7.89. The zero-order valence-corrected chi connectivity index (χ0v) is 26.7. The SMILES string of the molecule is CCC.CCC(NC(=O)N(CC(N)=O)C(=O)C(C)Cc1cc(O)ccc1OC)c1ccc(S(N)(=O)=O)cc1.CCCC. The van der Waals surface area contributed by atoms with Crippen molar-refractivity contribution >= 4 is 27.9 Å². The number of hydrogen-bond donors (Lipinski definition) is 4. The minimum absolute atomic E-state index is 0.00794. The van der Waals surface area contributed by atoms with Crippen molar-refractivity contribution < 1.29 is 32.6 Å². The summed E-state index contributed by atoms with van der Waals surface area (Å²) in [5.41, 5.74) is 6.42. The lowest BCUT2D eigenvalue weighted by Gasteiger charge is -2.26. The molecule has 0 aliphatic heterocycles. The number of carbonyl (C=O) groups excluding carboxylic acids is 3. The quantitative estimate of drug-likeness (QED) is 0.287. The van der Waals surface area contributed by atoms with Crippen LogP contribution in [0.3, 0.4) is 0 Å². The number of imide groups is 1. The predicted octanol–water partition coefficient (Wildman–Crippen LogP) is 4.62. The summed E-state index contributed by atoms with van der Waals surface area (Å²) in [5.74, 6) is -1.83. The number of rotatable bonds is 11. The highest BCUT2D eigenvalue weighted by Gasteiger charge is 2.30. The molecule has 0 aliphatic rings. The molecule has 236 valence electrons. The number of methoxy groups -OCH3 is 1. The van der Waals surface area contributed by atoms with Crippen LogP contribution in [0.5, 0.6) is 11.5 Å². The molecule has 4 amide bonds. The van der Waals surface area contributed by atoms with E-state index in [1.807, 2.05) is 0 Å². The molecule has 42 heavy (non-hydrogen) atoms. The largest absolute Gasteiger partial charge is 0.508 e. The summed E-state index contributed by atoms with van der Waals surface area (Å²) in [6.07, 6.45) is 4.43. The van der Waals surface area contributed by atoms with Gasteiger partial charge in [-0.1, -0.05) is 72.9 Å². The zero-order valence-electron chi connectivity index (χ0n) is 25.8. The van der Waals surface area contributed by atoms with E-state index in [1.165, 1.54) is 62.8 Å². The molecule has 2 unspecified atom stereocenters. The van der Waals surface area contributed by atoms with Gasteiger partial charge in [-0.25, -0.2) is 18.4 Å². The number of urea groups is 1. The van der Waals surface area contributed by atoms with Gasteiger partial charge >= 0.3 is 6.03 Å². The number of nitrogens with one attached hydrogen (secondary N) is 1. The second-order valence-electron chi connectivity index (χ2n) is 9.72. The number of primary sulfonamides is 1. The van der Waals surface area contributed by atoms with Crippen molar-refractivity contribution in [1.29, 1.82) is 0 Å². The average Bonchev–Trinajstić information content (AvgIpc) is 2.94. The number of benzene rings is 2. The Morgan fingerprint density at radius 3 is 1.98 bits per heavy atom. The lowest BCUT2D eigenvalue weighted by atomic mass is 9.98. The van der Waals surface area contributed by atoms with Crippen LogP contribution in [0.2, 0.25) is 0 Å². The fourth-order valence-corrected chi connectivity index (χ4v) is 4.07. The number of nitrogens with two attached hydrogens (primary N) is 2. The van der Waals surface area contributed by atoms with Crippen LogP contribution >= 0.6 is 0 Å². The topological polar surface area (TPSA) is 182 Å². The van der Waals surface area contributed by atoms with Crippen LogP contribution in [0.1, 0.15) is 84.4 Å². The third kappa shape index (κ3) is 13.3. The first-order valence-corrected chi connectivity index (χ1v) is 15.6. The number of primary amides is 1. The summed E-state index contributed by atoms with van der Waals surface area (Å²) in [6, 6.07) is 8.70. The van der Waals surface area contributed by atoms with E-state index in [2.05, 4.69) is 33.0 Å². The molecule has 11 nitrogen and oxygen atoms in total. The van der Waals surface area contributed by atoms with E-state index < -0.39 is 46.4 Å². The van der Waals surface area contributed by atoms with E-state index >= 15 is 0 Å². The van der Waals surface area contributed by atoms with Crippen LogP contribution in [-0.2, 0) is 26.0 Å². The Morgan fingerprint density at radius 1 is 1.00 bits per heavy atom. The fourth-order valence-electron chi connectivity index (χ4n) is 3.55. The molecule has 0 saturated heterocycles. The van der Waals surface area contributed by atoms with Crippen LogP contribution in [0.25, 0.3) is 0 Å². The Balaban J connectivity index is 0.00000216. The molecule has 0 spiro atoms. The van der Waals surface area contributed by atoms with Crippen molar-refractivity contribution in [2.24, 2.45) is 16.8 Å². The minimum atomic E-state index is -3.87. The number of phenols is 1. The number of nitrogens with zero attached hydrogens (tertiary/aromatic N) is 1. The summed E-state index contributed by atoms with van der Waals surface area (Å²) in [6.45, 7) is 11.3. The van der Waals surface area contributed by atoms with Gasteiger partial charge in [0.2, 0.25) is 21.8 Å². The van der Waals surface area contributed by atoms with Crippen molar-refractivity contribution in [3.63, 3.8) is 0 Å². The number of carbonyl (C=O) groups is 3. The maximum absolute atomic E-state index is 13.1. The molecular weight excluding hydrogens is 560 g/mol. The standard InChI is InChI=1S/C23H30N4O7S.C4H10.C3H8/c1-4-19(15-5-8-18(9-6-15)35(25,32)33)26-23(31)27(13-21(24)29)22(30)14(2)11-16-12-17(28)7-10-20(16)34-3;1-3-4-2;1-3-2/h5-10,12,14,19,28H,4,11,13H2,1-3H3,(H2,24,29)(H,26,31)(H2,25,32,33);3-4H2,1-2H3;3H2,1-2H3. The van der Waals surface area contributed by atoms with Crippen molar-refractivity contribution in [3.05, 3.63) is 53.6 Å². The number of amides is 4. The Labute approximate surface area is 250 Å². The lowest BCUT2D eigenvalue weighted by molar-refractivity contribution is -0.135. The molecule has 2 atom stereocenters. The number of aromatic hydroxyl groups is 1. The molecule has 6 N–H and O–H groups in total. The van der Waals surface area contributed by atoms with Gasteiger partial charge in [0.15, 0.2) is 0 Å². The Kier molecular flexibility index (Phi) is 17.8. The van der Waals surface area contributed by atoms with Crippen molar-refractivity contribution in [3.8, 4) is 11.5 Å². The summed E-state index contributed by atoms with van der Waals surface area (Å²) < 4.78 is 28.2. The summed E-state index contributed by atoms with van der Waals surface area (Å²) >= 11 is 0. The number of hydrogen-bond acceptors (Lipinski definition) is 7. The Hall–Kier alpha value is -3.64. The summed E-state index contributed by atoms with van der Waals surface area (Å²) in [4.78, 5) is 38.5. The second kappa shape index (κ2) is 19.5. The van der Waals surface area contributed by atoms with Crippen LogP contribution in [0.4, 0.5) is 4.79 Å². The molecule has 0 fully saturated rings. The van der Waals surface area contributed by atoms with Gasteiger partial charge in [0.05, 0.1) is 18.0 Å².